The van der Waals surface area contributed by atoms with Crippen LogP contribution in [0.3, 0.4) is 0 Å². The molecular weight excluding hydrogens is 382 g/mol. The van der Waals surface area contributed by atoms with Crippen molar-refractivity contribution in [3.8, 4) is 17.0 Å². The van der Waals surface area contributed by atoms with Gasteiger partial charge in [0, 0.05) is 22.6 Å². The van der Waals surface area contributed by atoms with E-state index in [1.807, 2.05) is 38.1 Å². The summed E-state index contributed by atoms with van der Waals surface area (Å²) >= 11 is 3.14. The lowest BCUT2D eigenvalue weighted by molar-refractivity contribution is -0.135. The van der Waals surface area contributed by atoms with Crippen molar-refractivity contribution >= 4 is 40.0 Å². The first-order chi connectivity index (χ1) is 12.9. The second-order valence-electron chi connectivity index (χ2n) is 6.91. The van der Waals surface area contributed by atoms with Crippen molar-refractivity contribution in [2.45, 2.75) is 37.6 Å². The van der Waals surface area contributed by atoms with Gasteiger partial charge in [-0.05, 0) is 44.5 Å². The second kappa shape index (κ2) is 6.83. The zero-order valence-electron chi connectivity index (χ0n) is 15.4. The molecule has 0 radical (unpaired) electrons. The van der Waals surface area contributed by atoms with Gasteiger partial charge in [0.1, 0.15) is 11.8 Å². The Kier molecular flexibility index (Phi) is 4.63. The molecule has 1 aromatic heterocycles. The van der Waals surface area contributed by atoms with Crippen molar-refractivity contribution in [3.05, 3.63) is 29.1 Å². The van der Waals surface area contributed by atoms with E-state index in [0.717, 1.165) is 28.3 Å². The summed E-state index contributed by atoms with van der Waals surface area (Å²) in [5.41, 5.74) is 1.82. The van der Waals surface area contributed by atoms with Gasteiger partial charge in [-0.1, -0.05) is 0 Å². The molecule has 1 aromatic carbocycles. The Labute approximate surface area is 166 Å². The van der Waals surface area contributed by atoms with E-state index in [2.05, 4.69) is 10.3 Å². The number of anilines is 1. The van der Waals surface area contributed by atoms with Crippen LogP contribution >= 0.6 is 23.1 Å². The molecule has 8 heteroatoms. The monoisotopic (exact) mass is 403 g/mol. The third-order valence-electron chi connectivity index (χ3n) is 5.14. The van der Waals surface area contributed by atoms with Gasteiger partial charge in [-0.3, -0.25) is 9.59 Å². The van der Waals surface area contributed by atoms with Crippen LogP contribution in [0.1, 0.15) is 24.6 Å². The summed E-state index contributed by atoms with van der Waals surface area (Å²) < 4.78 is 5.19. The van der Waals surface area contributed by atoms with Crippen LogP contribution < -0.4 is 10.1 Å². The fourth-order valence-corrected chi connectivity index (χ4v) is 5.94. The van der Waals surface area contributed by atoms with Crippen LogP contribution in [0.2, 0.25) is 0 Å². The van der Waals surface area contributed by atoms with Crippen LogP contribution in [0.5, 0.6) is 5.75 Å². The normalized spacial score (nSPS) is 24.2. The molecule has 2 aromatic rings. The third-order valence-corrected chi connectivity index (χ3v) is 7.53. The number of aryl methyl sites for hydroxylation is 1. The van der Waals surface area contributed by atoms with Gasteiger partial charge in [0.25, 0.3) is 0 Å². The quantitative estimate of drug-likeness (QED) is 0.846. The molecule has 0 spiro atoms. The largest absolute Gasteiger partial charge is 0.497 e. The Bertz CT molecular complexity index is 896. The maximum Gasteiger partial charge on any atom is 0.249 e. The summed E-state index contributed by atoms with van der Waals surface area (Å²) in [7, 11) is 1.63. The van der Waals surface area contributed by atoms with Crippen LogP contribution in [0, 0.1) is 6.92 Å². The lowest BCUT2D eigenvalue weighted by Gasteiger charge is -2.29. The smallest absolute Gasteiger partial charge is 0.249 e. The molecule has 2 unspecified atom stereocenters. The molecule has 1 N–H and O–H groups in total. The lowest BCUT2D eigenvalue weighted by atomic mass is 10.1. The minimum atomic E-state index is -0.427. The van der Waals surface area contributed by atoms with E-state index in [-0.39, 0.29) is 16.7 Å². The maximum absolute atomic E-state index is 12.8. The van der Waals surface area contributed by atoms with Crippen LogP contribution in [0.15, 0.2) is 24.3 Å². The van der Waals surface area contributed by atoms with Crippen LogP contribution in [0.25, 0.3) is 11.3 Å². The molecule has 2 atom stereocenters. The molecule has 2 aliphatic rings. The van der Waals surface area contributed by atoms with Crippen LogP contribution in [-0.2, 0) is 9.59 Å². The zero-order chi connectivity index (χ0) is 19.2. The Balaban J connectivity index is 1.52. The first kappa shape index (κ1) is 18.3. The molecule has 0 aliphatic carbocycles. The van der Waals surface area contributed by atoms with Crippen molar-refractivity contribution in [2.75, 3.05) is 18.2 Å². The molecule has 6 nitrogen and oxygen atoms in total. The van der Waals surface area contributed by atoms with Gasteiger partial charge in [-0.25, -0.2) is 4.98 Å². The van der Waals surface area contributed by atoms with Crippen molar-refractivity contribution in [3.63, 3.8) is 0 Å². The Morgan fingerprint density at radius 3 is 2.81 bits per heavy atom. The molecular formula is C19H21N3O3S2. The number of ether oxygens (including phenoxy) is 1. The van der Waals surface area contributed by atoms with Gasteiger partial charge in [-0.2, -0.15) is 0 Å². The number of thioether (sulfide) groups is 1. The van der Waals surface area contributed by atoms with E-state index in [1.54, 1.807) is 23.8 Å². The molecule has 0 saturated carbocycles. The molecule has 0 bridgehead atoms. The first-order valence-corrected chi connectivity index (χ1v) is 10.6. The predicted molar refractivity (Wildman–Crippen MR) is 108 cm³/mol. The molecule has 142 valence electrons. The molecule has 2 fully saturated rings. The number of nitrogens with zero attached hydrogens (tertiary/aromatic N) is 2. The summed E-state index contributed by atoms with van der Waals surface area (Å²) in [6.45, 7) is 4.03. The van der Waals surface area contributed by atoms with Crippen molar-refractivity contribution in [1.82, 2.24) is 9.88 Å². The number of amides is 2. The molecule has 3 heterocycles. The fraction of sp³-hybridized carbons (Fsp3) is 0.421. The topological polar surface area (TPSA) is 71.5 Å². The van der Waals surface area contributed by atoms with E-state index in [1.165, 1.54) is 11.3 Å². The Hall–Kier alpha value is -2.06. The Morgan fingerprint density at radius 2 is 2.11 bits per heavy atom. The number of fused-ring (bicyclic) bond motifs is 1. The molecule has 2 saturated heterocycles. The van der Waals surface area contributed by atoms with Gasteiger partial charge in [0.05, 0.1) is 17.7 Å². The number of methoxy groups -OCH3 is 1. The number of hydrogen-bond acceptors (Lipinski definition) is 6. The van der Waals surface area contributed by atoms with Crippen molar-refractivity contribution < 1.29 is 14.3 Å². The number of carbonyl (C=O) groups is 2. The molecule has 2 aliphatic heterocycles. The Morgan fingerprint density at radius 1 is 1.37 bits per heavy atom. The summed E-state index contributed by atoms with van der Waals surface area (Å²) in [5.74, 6) is 1.33. The molecule has 4 rings (SSSR count). The average molecular weight is 404 g/mol. The second-order valence-corrected chi connectivity index (χ2v) is 9.61. The fourth-order valence-electron chi connectivity index (χ4n) is 3.67. The number of nitrogens with one attached hydrogen (secondary N) is 1. The van der Waals surface area contributed by atoms with Gasteiger partial charge < -0.3 is 15.0 Å². The van der Waals surface area contributed by atoms with Crippen molar-refractivity contribution in [2.24, 2.45) is 0 Å². The van der Waals surface area contributed by atoms with E-state index in [0.29, 0.717) is 17.3 Å². The SMILES string of the molecule is COc1ccc(-c2nc(NC(=O)C3CSC4(C)CCC(=O)N34)sc2C)cc1. The molecule has 2 amide bonds. The predicted octanol–water partition coefficient (Wildman–Crippen LogP) is 3.52. The van der Waals surface area contributed by atoms with E-state index < -0.39 is 6.04 Å². The number of thiazole rings is 1. The van der Waals surface area contributed by atoms with Gasteiger partial charge in [0.15, 0.2) is 5.13 Å². The van der Waals surface area contributed by atoms with E-state index in [9.17, 15) is 9.59 Å². The third kappa shape index (κ3) is 3.21. The number of benzene rings is 1. The van der Waals surface area contributed by atoms with E-state index >= 15 is 0 Å². The minimum Gasteiger partial charge on any atom is -0.497 e. The minimum absolute atomic E-state index is 0.0666. The summed E-state index contributed by atoms with van der Waals surface area (Å²) in [6.07, 6.45) is 1.32. The highest BCUT2D eigenvalue weighted by atomic mass is 32.2. The highest BCUT2D eigenvalue weighted by Crippen LogP contribution is 2.47. The number of aromatic nitrogens is 1. The summed E-state index contributed by atoms with van der Waals surface area (Å²) in [5, 5.41) is 3.49. The average Bonchev–Trinajstić information content (AvgIpc) is 3.28. The van der Waals surface area contributed by atoms with E-state index in [4.69, 9.17) is 4.74 Å². The lowest BCUT2D eigenvalue weighted by Crippen LogP contribution is -2.48. The highest BCUT2D eigenvalue weighted by molar-refractivity contribution is 8.01. The van der Waals surface area contributed by atoms with Crippen molar-refractivity contribution in [1.29, 1.82) is 0 Å². The van der Waals surface area contributed by atoms with Crippen LogP contribution in [-0.4, -0.2) is 45.5 Å². The first-order valence-electron chi connectivity index (χ1n) is 8.80. The number of carbonyl (C=O) groups excluding carboxylic acids is 2. The highest BCUT2D eigenvalue weighted by Gasteiger charge is 2.52. The molecule has 27 heavy (non-hydrogen) atoms. The van der Waals surface area contributed by atoms with Crippen LogP contribution in [0.4, 0.5) is 5.13 Å². The zero-order valence-corrected chi connectivity index (χ0v) is 17.1. The van der Waals surface area contributed by atoms with Gasteiger partial charge in [-0.15, -0.1) is 23.1 Å². The standard InChI is InChI=1S/C19H21N3O3S2/c1-11-16(12-4-6-13(25-3)7-5-12)20-18(27-11)21-17(24)14-10-26-19(2)9-8-15(23)22(14)19/h4-7,14H,8-10H2,1-3H3,(H,20,21,24). The summed E-state index contributed by atoms with van der Waals surface area (Å²) in [4.78, 5) is 32.2. The maximum atomic E-state index is 12.8. The van der Waals surface area contributed by atoms with Gasteiger partial charge >= 0.3 is 0 Å². The number of hydrogen-bond donors (Lipinski definition) is 1. The van der Waals surface area contributed by atoms with Gasteiger partial charge in [0.2, 0.25) is 11.8 Å². The summed E-state index contributed by atoms with van der Waals surface area (Å²) in [6, 6.07) is 7.26. The number of rotatable bonds is 4.